The Bertz CT molecular complexity index is 565. The molecule has 120 valence electrons. The van der Waals surface area contributed by atoms with Crippen molar-refractivity contribution in [1.82, 2.24) is 0 Å². The molecule has 3 rings (SSSR count). The molecule has 0 aromatic rings. The highest BCUT2D eigenvalue weighted by Crippen LogP contribution is 2.56. The predicted octanol–water partition coefficient (Wildman–Crippen LogP) is 2.04. The number of fused-ring (bicyclic) bond motifs is 2. The van der Waals surface area contributed by atoms with E-state index in [0.717, 1.165) is 6.42 Å². The molecule has 6 atom stereocenters. The van der Waals surface area contributed by atoms with Crippen molar-refractivity contribution in [2.75, 3.05) is 0 Å². The molecule has 2 saturated carbocycles. The van der Waals surface area contributed by atoms with Crippen molar-refractivity contribution in [3.63, 3.8) is 0 Å². The van der Waals surface area contributed by atoms with Gasteiger partial charge in [0.05, 0.1) is 11.3 Å². The minimum atomic E-state index is -0.762. The second kappa shape index (κ2) is 4.93. The lowest BCUT2D eigenvalue weighted by molar-refractivity contribution is -0.163. The summed E-state index contributed by atoms with van der Waals surface area (Å²) in [7, 11) is 0. The lowest BCUT2D eigenvalue weighted by Crippen LogP contribution is -2.48. The first kappa shape index (κ1) is 15.3. The van der Waals surface area contributed by atoms with Crippen LogP contribution >= 0.6 is 0 Å². The van der Waals surface area contributed by atoms with Gasteiger partial charge in [0.1, 0.15) is 18.0 Å². The van der Waals surface area contributed by atoms with Crippen molar-refractivity contribution in [1.29, 1.82) is 0 Å². The van der Waals surface area contributed by atoms with Crippen LogP contribution in [0.15, 0.2) is 12.2 Å². The topological polar surface area (TPSA) is 69.7 Å². The first-order valence-electron chi connectivity index (χ1n) is 7.87. The maximum atomic E-state index is 12.7. The predicted molar refractivity (Wildman–Crippen MR) is 77.7 cm³/mol. The standard InChI is InChI=1S/C17H22O5/c1-8-7-12-14(9(2)16(20)22-12)15(21-10(3)18)17(4)11(8)5-6-13(17)19/h8,11-12,14-15H,2,5-7H2,1,3-4H3/t8-,11+,12+,14-,15+,17+/m1/s1. The number of ether oxygens (including phenoxy) is 2. The van der Waals surface area contributed by atoms with E-state index in [2.05, 4.69) is 13.5 Å². The van der Waals surface area contributed by atoms with E-state index in [-0.39, 0.29) is 23.7 Å². The van der Waals surface area contributed by atoms with Gasteiger partial charge in [-0.25, -0.2) is 4.79 Å². The van der Waals surface area contributed by atoms with E-state index in [1.807, 2.05) is 6.92 Å². The van der Waals surface area contributed by atoms with Crippen molar-refractivity contribution in [3.05, 3.63) is 12.2 Å². The van der Waals surface area contributed by atoms with Crippen LogP contribution in [0.2, 0.25) is 0 Å². The number of hydrogen-bond acceptors (Lipinski definition) is 5. The third-order valence-electron chi connectivity index (χ3n) is 5.88. The van der Waals surface area contributed by atoms with Gasteiger partial charge >= 0.3 is 11.9 Å². The van der Waals surface area contributed by atoms with Crippen LogP contribution in [0.3, 0.4) is 0 Å². The van der Waals surface area contributed by atoms with Crippen LogP contribution < -0.4 is 0 Å². The molecule has 1 saturated heterocycles. The molecule has 0 aromatic carbocycles. The monoisotopic (exact) mass is 306 g/mol. The number of Topliss-reactive ketones (excluding diaryl/α,β-unsaturated/α-hetero) is 1. The fourth-order valence-corrected chi connectivity index (χ4v) is 4.81. The number of carbonyl (C=O) groups is 3. The zero-order chi connectivity index (χ0) is 16.2. The summed E-state index contributed by atoms with van der Waals surface area (Å²) in [5, 5.41) is 0. The Hall–Kier alpha value is -1.65. The first-order valence-corrected chi connectivity index (χ1v) is 7.87. The third-order valence-corrected chi connectivity index (χ3v) is 5.88. The third kappa shape index (κ3) is 1.94. The molecule has 22 heavy (non-hydrogen) atoms. The molecule has 5 heteroatoms. The van der Waals surface area contributed by atoms with E-state index in [0.29, 0.717) is 18.4 Å². The maximum absolute atomic E-state index is 12.7. The molecule has 0 radical (unpaired) electrons. The minimum absolute atomic E-state index is 0.114. The van der Waals surface area contributed by atoms with Gasteiger partial charge in [-0.1, -0.05) is 13.5 Å². The van der Waals surface area contributed by atoms with Crippen LogP contribution in [0, 0.1) is 23.2 Å². The van der Waals surface area contributed by atoms with E-state index in [1.165, 1.54) is 6.92 Å². The number of carbonyl (C=O) groups excluding carboxylic acids is 3. The van der Waals surface area contributed by atoms with E-state index in [4.69, 9.17) is 9.47 Å². The Labute approximate surface area is 130 Å². The van der Waals surface area contributed by atoms with Gasteiger partial charge in [0, 0.05) is 18.9 Å². The summed E-state index contributed by atoms with van der Waals surface area (Å²) in [4.78, 5) is 36.2. The highest BCUT2D eigenvalue weighted by atomic mass is 16.6. The smallest absolute Gasteiger partial charge is 0.334 e. The lowest BCUT2D eigenvalue weighted by Gasteiger charge is -2.39. The van der Waals surface area contributed by atoms with Gasteiger partial charge in [0.2, 0.25) is 0 Å². The number of esters is 2. The summed E-state index contributed by atoms with van der Waals surface area (Å²) < 4.78 is 11.0. The van der Waals surface area contributed by atoms with Crippen LogP contribution in [0.1, 0.15) is 40.0 Å². The van der Waals surface area contributed by atoms with Crippen molar-refractivity contribution in [2.24, 2.45) is 23.2 Å². The molecule has 3 fully saturated rings. The Kier molecular flexibility index (Phi) is 3.42. The summed E-state index contributed by atoms with van der Waals surface area (Å²) in [5.41, 5.74) is -0.438. The Morgan fingerprint density at radius 2 is 2.09 bits per heavy atom. The van der Waals surface area contributed by atoms with Gasteiger partial charge < -0.3 is 9.47 Å². The first-order chi connectivity index (χ1) is 10.3. The van der Waals surface area contributed by atoms with E-state index < -0.39 is 29.4 Å². The summed E-state index contributed by atoms with van der Waals surface area (Å²) in [6, 6.07) is 0. The summed E-state index contributed by atoms with van der Waals surface area (Å²) >= 11 is 0. The fourth-order valence-electron chi connectivity index (χ4n) is 4.81. The van der Waals surface area contributed by atoms with Crippen LogP contribution in [0.25, 0.3) is 0 Å². The molecule has 1 heterocycles. The van der Waals surface area contributed by atoms with E-state index >= 15 is 0 Å². The molecule has 0 amide bonds. The lowest BCUT2D eigenvalue weighted by atomic mass is 9.68. The molecule has 0 N–H and O–H groups in total. The van der Waals surface area contributed by atoms with Gasteiger partial charge in [-0.2, -0.15) is 0 Å². The molecule has 2 aliphatic carbocycles. The Morgan fingerprint density at radius 1 is 1.41 bits per heavy atom. The van der Waals surface area contributed by atoms with E-state index in [1.54, 1.807) is 0 Å². The second-order valence-corrected chi connectivity index (χ2v) is 7.09. The van der Waals surface area contributed by atoms with Gasteiger partial charge in [0.15, 0.2) is 0 Å². The molecule has 0 unspecified atom stereocenters. The van der Waals surface area contributed by atoms with Crippen LogP contribution in [0.4, 0.5) is 0 Å². The highest BCUT2D eigenvalue weighted by Gasteiger charge is 2.63. The molecule has 0 spiro atoms. The van der Waals surface area contributed by atoms with Crippen molar-refractivity contribution < 1.29 is 23.9 Å². The minimum Gasteiger partial charge on any atom is -0.461 e. The van der Waals surface area contributed by atoms with Crippen molar-refractivity contribution in [3.8, 4) is 0 Å². The van der Waals surface area contributed by atoms with Crippen molar-refractivity contribution >= 4 is 17.7 Å². The molecular formula is C17H22O5. The second-order valence-electron chi connectivity index (χ2n) is 7.09. The average molecular weight is 306 g/mol. The molecule has 3 aliphatic rings. The number of rotatable bonds is 1. The van der Waals surface area contributed by atoms with Crippen LogP contribution in [0.5, 0.6) is 0 Å². The molecule has 0 bridgehead atoms. The van der Waals surface area contributed by atoms with Crippen molar-refractivity contribution in [2.45, 2.75) is 52.2 Å². The summed E-state index contributed by atoms with van der Waals surface area (Å²) in [6.45, 7) is 9.14. The largest absolute Gasteiger partial charge is 0.461 e. The van der Waals surface area contributed by atoms with Crippen LogP contribution in [-0.4, -0.2) is 29.9 Å². The quantitative estimate of drug-likeness (QED) is 0.548. The fraction of sp³-hybridized carbons (Fsp3) is 0.706. The summed E-state index contributed by atoms with van der Waals surface area (Å²) in [6.07, 6.45) is 0.963. The van der Waals surface area contributed by atoms with Gasteiger partial charge in [-0.05, 0) is 31.6 Å². The van der Waals surface area contributed by atoms with Crippen LogP contribution in [-0.2, 0) is 23.9 Å². The summed E-state index contributed by atoms with van der Waals surface area (Å²) in [5.74, 6) is -0.819. The molecule has 1 aliphatic heterocycles. The highest BCUT2D eigenvalue weighted by molar-refractivity contribution is 5.93. The average Bonchev–Trinajstić information content (AvgIpc) is 2.84. The molecule has 5 nitrogen and oxygen atoms in total. The number of ketones is 1. The van der Waals surface area contributed by atoms with E-state index in [9.17, 15) is 14.4 Å². The Balaban J connectivity index is 2.11. The zero-order valence-corrected chi connectivity index (χ0v) is 13.3. The number of hydrogen-bond donors (Lipinski definition) is 0. The zero-order valence-electron chi connectivity index (χ0n) is 13.3. The normalized spacial score (nSPS) is 44.1. The SMILES string of the molecule is C=C1C(=O)O[C@H]2C[C@@H](C)[C@@H]3CCC(=O)[C@@]3(C)[C@@H](OC(C)=O)[C@H]12. The maximum Gasteiger partial charge on any atom is 0.334 e. The molecule has 0 aromatic heterocycles. The van der Waals surface area contributed by atoms with Gasteiger partial charge in [0.25, 0.3) is 0 Å². The van der Waals surface area contributed by atoms with Gasteiger partial charge in [-0.15, -0.1) is 0 Å². The Morgan fingerprint density at radius 3 is 2.73 bits per heavy atom. The molecular weight excluding hydrogens is 284 g/mol. The van der Waals surface area contributed by atoms with Gasteiger partial charge in [-0.3, -0.25) is 9.59 Å².